The Morgan fingerprint density at radius 1 is 1.54 bits per heavy atom. The van der Waals surface area contributed by atoms with Gasteiger partial charge in [-0.3, -0.25) is 4.79 Å². The molecule has 0 bridgehead atoms. The molecule has 13 heavy (non-hydrogen) atoms. The van der Waals surface area contributed by atoms with Crippen molar-refractivity contribution in [1.29, 1.82) is 0 Å². The summed E-state index contributed by atoms with van der Waals surface area (Å²) in [5, 5.41) is 9.10. The molecule has 3 unspecified atom stereocenters. The lowest BCUT2D eigenvalue weighted by atomic mass is 9.91. The molecule has 2 nitrogen and oxygen atoms in total. The fraction of sp³-hybridized carbons (Fsp3) is 0.900. The van der Waals surface area contributed by atoms with E-state index in [1.807, 2.05) is 0 Å². The molecule has 3 heteroatoms. The molecule has 0 heterocycles. The standard InChI is InChI=1S/C10H18O2S/c1-7-4-3-5-9(6-7)13-8(2)10(11)12/h7-9H,3-6H2,1-2H3,(H,11,12). The van der Waals surface area contributed by atoms with Crippen LogP contribution in [-0.2, 0) is 4.79 Å². The van der Waals surface area contributed by atoms with E-state index < -0.39 is 5.97 Å². The number of carboxylic acids is 1. The van der Waals surface area contributed by atoms with Gasteiger partial charge in [-0.05, 0) is 25.7 Å². The summed E-state index contributed by atoms with van der Waals surface area (Å²) in [6.07, 6.45) is 4.98. The second-order valence-electron chi connectivity index (χ2n) is 4.01. The van der Waals surface area contributed by atoms with Gasteiger partial charge in [-0.25, -0.2) is 0 Å². The van der Waals surface area contributed by atoms with Crippen molar-refractivity contribution in [3.63, 3.8) is 0 Å². The highest BCUT2D eigenvalue weighted by molar-refractivity contribution is 8.01. The first-order valence-corrected chi connectivity index (χ1v) is 5.92. The summed E-state index contributed by atoms with van der Waals surface area (Å²) in [4.78, 5) is 10.6. The van der Waals surface area contributed by atoms with Crippen LogP contribution in [0.5, 0.6) is 0 Å². The van der Waals surface area contributed by atoms with Gasteiger partial charge < -0.3 is 5.11 Å². The molecule has 1 aliphatic rings. The van der Waals surface area contributed by atoms with Crippen LogP contribution in [0.25, 0.3) is 0 Å². The first kappa shape index (κ1) is 10.9. The molecule has 0 aromatic heterocycles. The van der Waals surface area contributed by atoms with Crippen molar-refractivity contribution in [2.75, 3.05) is 0 Å². The van der Waals surface area contributed by atoms with Crippen LogP contribution in [0.1, 0.15) is 39.5 Å². The summed E-state index contributed by atoms with van der Waals surface area (Å²) < 4.78 is 0. The Bertz CT molecular complexity index is 182. The van der Waals surface area contributed by atoms with E-state index >= 15 is 0 Å². The fourth-order valence-electron chi connectivity index (χ4n) is 1.85. The van der Waals surface area contributed by atoms with Crippen LogP contribution in [0.15, 0.2) is 0 Å². The smallest absolute Gasteiger partial charge is 0.316 e. The largest absolute Gasteiger partial charge is 0.480 e. The van der Waals surface area contributed by atoms with E-state index in [9.17, 15) is 4.79 Å². The third kappa shape index (κ3) is 3.59. The van der Waals surface area contributed by atoms with Crippen molar-refractivity contribution in [2.45, 2.75) is 50.0 Å². The average Bonchev–Trinajstić information content (AvgIpc) is 2.04. The Morgan fingerprint density at radius 3 is 2.77 bits per heavy atom. The Morgan fingerprint density at radius 2 is 2.23 bits per heavy atom. The van der Waals surface area contributed by atoms with E-state index in [0.29, 0.717) is 5.25 Å². The third-order valence-corrected chi connectivity index (χ3v) is 4.06. The van der Waals surface area contributed by atoms with Gasteiger partial charge in [0.05, 0.1) is 5.25 Å². The van der Waals surface area contributed by atoms with E-state index in [1.165, 1.54) is 25.7 Å². The fourth-order valence-corrected chi connectivity index (χ4v) is 3.29. The molecule has 1 fully saturated rings. The van der Waals surface area contributed by atoms with E-state index in [4.69, 9.17) is 5.11 Å². The summed E-state index contributed by atoms with van der Waals surface area (Å²) in [6, 6.07) is 0. The summed E-state index contributed by atoms with van der Waals surface area (Å²) in [5.41, 5.74) is 0. The highest BCUT2D eigenvalue weighted by atomic mass is 32.2. The Hall–Kier alpha value is -0.180. The molecule has 1 rings (SSSR count). The molecule has 0 spiro atoms. The van der Waals surface area contributed by atoms with Gasteiger partial charge >= 0.3 is 5.97 Å². The van der Waals surface area contributed by atoms with Gasteiger partial charge in [-0.15, -0.1) is 11.8 Å². The zero-order valence-electron chi connectivity index (χ0n) is 8.32. The van der Waals surface area contributed by atoms with Crippen molar-refractivity contribution >= 4 is 17.7 Å². The van der Waals surface area contributed by atoms with Gasteiger partial charge in [0.25, 0.3) is 0 Å². The molecule has 1 N–H and O–H groups in total. The summed E-state index contributed by atoms with van der Waals surface area (Å²) >= 11 is 1.63. The lowest BCUT2D eigenvalue weighted by molar-refractivity contribution is -0.136. The van der Waals surface area contributed by atoms with Gasteiger partial charge in [-0.1, -0.05) is 19.8 Å². The van der Waals surface area contributed by atoms with Crippen molar-refractivity contribution < 1.29 is 9.90 Å². The third-order valence-electron chi connectivity index (χ3n) is 2.63. The highest BCUT2D eigenvalue weighted by Gasteiger charge is 2.23. The molecule has 0 saturated heterocycles. The van der Waals surface area contributed by atoms with Crippen LogP contribution in [-0.4, -0.2) is 21.6 Å². The molecule has 0 amide bonds. The number of hydrogen-bond acceptors (Lipinski definition) is 2. The lowest BCUT2D eigenvalue weighted by Crippen LogP contribution is -2.21. The normalized spacial score (nSPS) is 31.2. The molecule has 0 aliphatic heterocycles. The molecule has 1 saturated carbocycles. The van der Waals surface area contributed by atoms with E-state index in [2.05, 4.69) is 6.92 Å². The number of rotatable bonds is 3. The number of thioether (sulfide) groups is 1. The Kier molecular flexibility index (Phi) is 4.10. The first-order valence-electron chi connectivity index (χ1n) is 4.98. The molecule has 3 atom stereocenters. The molecule has 1 aliphatic carbocycles. The number of carboxylic acid groups (broad SMARTS) is 1. The molecule has 0 radical (unpaired) electrons. The number of aliphatic carboxylic acids is 1. The predicted octanol–water partition coefficient (Wildman–Crippen LogP) is 2.77. The van der Waals surface area contributed by atoms with Crippen molar-refractivity contribution in [1.82, 2.24) is 0 Å². The molecule has 0 aromatic carbocycles. The van der Waals surface area contributed by atoms with Gasteiger partial charge in [0.1, 0.15) is 0 Å². The summed E-state index contributed by atoms with van der Waals surface area (Å²) in [5.74, 6) is 0.107. The zero-order valence-corrected chi connectivity index (χ0v) is 9.14. The maximum atomic E-state index is 10.6. The molecule has 0 aromatic rings. The van der Waals surface area contributed by atoms with Gasteiger partial charge in [-0.2, -0.15) is 0 Å². The SMILES string of the molecule is CC1CCCC(SC(C)C(=O)O)C1. The Labute approximate surface area is 84.1 Å². The first-order chi connectivity index (χ1) is 6.09. The second-order valence-corrected chi connectivity index (χ2v) is 5.66. The summed E-state index contributed by atoms with van der Waals surface area (Å²) in [7, 11) is 0. The van der Waals surface area contributed by atoms with Crippen LogP contribution < -0.4 is 0 Å². The average molecular weight is 202 g/mol. The van der Waals surface area contributed by atoms with Crippen LogP contribution in [0, 0.1) is 5.92 Å². The van der Waals surface area contributed by atoms with E-state index in [1.54, 1.807) is 18.7 Å². The molecular formula is C10H18O2S. The highest BCUT2D eigenvalue weighted by Crippen LogP contribution is 2.33. The minimum atomic E-state index is -0.678. The van der Waals surface area contributed by atoms with Crippen LogP contribution in [0.3, 0.4) is 0 Å². The van der Waals surface area contributed by atoms with Gasteiger partial charge in [0, 0.05) is 5.25 Å². The zero-order chi connectivity index (χ0) is 9.84. The van der Waals surface area contributed by atoms with Crippen molar-refractivity contribution in [3.8, 4) is 0 Å². The molecular weight excluding hydrogens is 184 g/mol. The van der Waals surface area contributed by atoms with Crippen LogP contribution >= 0.6 is 11.8 Å². The number of hydrogen-bond donors (Lipinski definition) is 1. The predicted molar refractivity (Wildman–Crippen MR) is 56.1 cm³/mol. The minimum Gasteiger partial charge on any atom is -0.480 e. The van der Waals surface area contributed by atoms with E-state index in [0.717, 1.165) is 5.92 Å². The van der Waals surface area contributed by atoms with Gasteiger partial charge in [0.15, 0.2) is 0 Å². The maximum absolute atomic E-state index is 10.6. The van der Waals surface area contributed by atoms with Crippen molar-refractivity contribution in [2.24, 2.45) is 5.92 Å². The van der Waals surface area contributed by atoms with Gasteiger partial charge in [0.2, 0.25) is 0 Å². The Balaban J connectivity index is 2.31. The quantitative estimate of drug-likeness (QED) is 0.764. The lowest BCUT2D eigenvalue weighted by Gasteiger charge is -2.27. The molecule has 76 valence electrons. The van der Waals surface area contributed by atoms with E-state index in [-0.39, 0.29) is 5.25 Å². The second kappa shape index (κ2) is 4.89. The van der Waals surface area contributed by atoms with Crippen LogP contribution in [0.2, 0.25) is 0 Å². The van der Waals surface area contributed by atoms with Crippen molar-refractivity contribution in [3.05, 3.63) is 0 Å². The monoisotopic (exact) mass is 202 g/mol. The topological polar surface area (TPSA) is 37.3 Å². The minimum absolute atomic E-state index is 0.240. The summed E-state index contributed by atoms with van der Waals surface area (Å²) in [6.45, 7) is 4.05. The van der Waals surface area contributed by atoms with Crippen LogP contribution in [0.4, 0.5) is 0 Å². The maximum Gasteiger partial charge on any atom is 0.316 e. The number of carbonyl (C=O) groups is 1.